The average molecular weight is 490 g/mol. The van der Waals surface area contributed by atoms with Crippen LogP contribution in [0.3, 0.4) is 0 Å². The van der Waals surface area contributed by atoms with Crippen molar-refractivity contribution in [3.05, 3.63) is 72.9 Å². The highest BCUT2D eigenvalue weighted by atomic mass is 16.6. The lowest BCUT2D eigenvalue weighted by Crippen LogP contribution is -2.30. The molecule has 8 heteroatoms. The van der Waals surface area contributed by atoms with Gasteiger partial charge in [0.05, 0.1) is 6.10 Å². The van der Waals surface area contributed by atoms with Gasteiger partial charge < -0.3 is 18.9 Å². The Morgan fingerprint density at radius 1 is 1.09 bits per heavy atom. The first-order chi connectivity index (χ1) is 16.5. The minimum atomic E-state index is -0.390. The summed E-state index contributed by atoms with van der Waals surface area (Å²) in [7, 11) is 3.69. The lowest BCUT2D eigenvalue weighted by molar-refractivity contribution is -0.150. The summed E-state index contributed by atoms with van der Waals surface area (Å²) in [6, 6.07) is 9.51. The third-order valence-electron chi connectivity index (χ3n) is 4.52. The Balaban J connectivity index is 0.000000496. The van der Waals surface area contributed by atoms with Gasteiger partial charge in [-0.15, -0.1) is 0 Å². The molecule has 0 aromatic heterocycles. The van der Waals surface area contributed by atoms with Crippen LogP contribution in [0.15, 0.2) is 67.3 Å². The monoisotopic (exact) mass is 489 g/mol. The topological polar surface area (TPSA) is 91.4 Å². The molecule has 0 saturated carbocycles. The lowest BCUT2D eigenvalue weighted by Gasteiger charge is -2.19. The number of nitrogens with zero attached hydrogens (tertiary/aromatic N) is 1. The van der Waals surface area contributed by atoms with Gasteiger partial charge in [-0.25, -0.2) is 14.4 Å². The van der Waals surface area contributed by atoms with Crippen molar-refractivity contribution < 1.29 is 33.3 Å². The van der Waals surface area contributed by atoms with Gasteiger partial charge in [-0.1, -0.05) is 50.1 Å². The summed E-state index contributed by atoms with van der Waals surface area (Å²) in [6.45, 7) is 16.8. The third-order valence-corrected chi connectivity index (χ3v) is 4.52. The first-order valence-corrected chi connectivity index (χ1v) is 11.3. The fourth-order valence-corrected chi connectivity index (χ4v) is 2.22. The second-order valence-electron chi connectivity index (χ2n) is 8.06. The predicted octanol–water partition coefficient (Wildman–Crippen LogP) is 4.21. The number of rotatable bonds is 9. The van der Waals surface area contributed by atoms with Gasteiger partial charge in [0.2, 0.25) is 0 Å². The molecule has 1 aliphatic heterocycles. The van der Waals surface area contributed by atoms with Crippen molar-refractivity contribution in [1.82, 2.24) is 4.90 Å². The molecule has 0 spiro atoms. The first kappa shape index (κ1) is 31.8. The van der Waals surface area contributed by atoms with E-state index in [1.807, 2.05) is 44.4 Å². The molecule has 1 aromatic rings. The van der Waals surface area contributed by atoms with Crippen molar-refractivity contribution in [2.24, 2.45) is 0 Å². The summed E-state index contributed by atoms with van der Waals surface area (Å²) < 4.78 is 20.0. The summed E-state index contributed by atoms with van der Waals surface area (Å²) in [4.78, 5) is 34.3. The van der Waals surface area contributed by atoms with Crippen molar-refractivity contribution >= 4 is 17.9 Å². The summed E-state index contributed by atoms with van der Waals surface area (Å²) in [5.74, 6) is -1.06. The van der Waals surface area contributed by atoms with Crippen molar-refractivity contribution in [3.8, 4) is 0 Å². The molecule has 0 radical (unpaired) electrons. The number of hydrogen-bond acceptors (Lipinski definition) is 8. The van der Waals surface area contributed by atoms with Crippen LogP contribution in [0.25, 0.3) is 0 Å². The molecule has 2 atom stereocenters. The van der Waals surface area contributed by atoms with Crippen molar-refractivity contribution in [2.45, 2.75) is 52.6 Å². The van der Waals surface area contributed by atoms with Crippen LogP contribution in [0, 0.1) is 0 Å². The molecule has 194 valence electrons. The Morgan fingerprint density at radius 2 is 1.69 bits per heavy atom. The molecule has 1 saturated heterocycles. The van der Waals surface area contributed by atoms with Crippen LogP contribution in [0.2, 0.25) is 0 Å². The van der Waals surface area contributed by atoms with Crippen LogP contribution in [-0.4, -0.2) is 62.4 Å². The second kappa shape index (κ2) is 18.1. The highest BCUT2D eigenvalue weighted by molar-refractivity contribution is 5.87. The van der Waals surface area contributed by atoms with Gasteiger partial charge in [0.25, 0.3) is 0 Å². The van der Waals surface area contributed by atoms with Gasteiger partial charge in [0.15, 0.2) is 6.23 Å². The highest BCUT2D eigenvalue weighted by Gasteiger charge is 2.17. The van der Waals surface area contributed by atoms with E-state index in [4.69, 9.17) is 18.9 Å². The fraction of sp³-hybridized carbons (Fsp3) is 0.444. The zero-order valence-electron chi connectivity index (χ0n) is 21.6. The molecule has 0 amide bonds. The van der Waals surface area contributed by atoms with E-state index in [-0.39, 0.29) is 30.2 Å². The third kappa shape index (κ3) is 16.1. The molecule has 8 nitrogen and oxygen atoms in total. The Morgan fingerprint density at radius 3 is 2.14 bits per heavy atom. The quantitative estimate of drug-likeness (QED) is 0.220. The Bertz CT molecular complexity index is 827. The van der Waals surface area contributed by atoms with Crippen LogP contribution in [0.4, 0.5) is 0 Å². The van der Waals surface area contributed by atoms with Crippen LogP contribution < -0.4 is 0 Å². The minimum absolute atomic E-state index is 0.105. The maximum Gasteiger partial charge on any atom is 0.334 e. The van der Waals surface area contributed by atoms with Crippen molar-refractivity contribution in [1.29, 1.82) is 0 Å². The second-order valence-corrected chi connectivity index (χ2v) is 8.06. The van der Waals surface area contributed by atoms with E-state index in [9.17, 15) is 14.4 Å². The standard InChI is InChI=1S/C10H10O2.C9H14O3.C8H15NO2/c1-2-10(11)12-8-9-6-4-3-5-7-9;1-7(2)9(10)12-6-8-4-3-5-11-8;1-6(2)8(10)11-7(3)9(4)5/h2-7H,1,8H2;8H,1,3-6H2,2H3;7H,1H2,2-5H3. The normalized spacial score (nSPS) is 14.7. The average Bonchev–Trinajstić information content (AvgIpc) is 3.36. The van der Waals surface area contributed by atoms with E-state index in [1.54, 1.807) is 25.7 Å². The van der Waals surface area contributed by atoms with Gasteiger partial charge in [-0.2, -0.15) is 0 Å². The number of esters is 3. The van der Waals surface area contributed by atoms with Gasteiger partial charge in [0.1, 0.15) is 13.2 Å². The number of carbonyl (C=O) groups is 3. The highest BCUT2D eigenvalue weighted by Crippen LogP contribution is 2.12. The molecular formula is C27H39NO7. The van der Waals surface area contributed by atoms with Gasteiger partial charge >= 0.3 is 17.9 Å². The molecule has 1 aliphatic rings. The smallest absolute Gasteiger partial charge is 0.334 e. The van der Waals surface area contributed by atoms with Crippen molar-refractivity contribution in [2.75, 3.05) is 27.3 Å². The fourth-order valence-electron chi connectivity index (χ4n) is 2.22. The molecule has 1 fully saturated rings. The molecule has 0 bridgehead atoms. The molecule has 1 aromatic carbocycles. The predicted molar refractivity (Wildman–Crippen MR) is 135 cm³/mol. The minimum Gasteiger partial charge on any atom is -0.460 e. The van der Waals surface area contributed by atoms with E-state index >= 15 is 0 Å². The number of benzene rings is 1. The number of carbonyl (C=O) groups excluding carboxylic acids is 3. The maximum absolute atomic E-state index is 10.9. The first-order valence-electron chi connectivity index (χ1n) is 11.3. The Kier molecular flexibility index (Phi) is 16.5. The number of ether oxygens (including phenoxy) is 4. The zero-order valence-corrected chi connectivity index (χ0v) is 21.6. The Labute approximate surface area is 209 Å². The van der Waals surface area contributed by atoms with E-state index in [1.165, 1.54) is 0 Å². The zero-order chi connectivity index (χ0) is 26.8. The van der Waals surface area contributed by atoms with Gasteiger partial charge in [0, 0.05) is 23.8 Å². The van der Waals surface area contributed by atoms with Gasteiger partial charge in [-0.05, 0) is 53.3 Å². The molecule has 1 heterocycles. The van der Waals surface area contributed by atoms with Crippen molar-refractivity contribution in [3.63, 3.8) is 0 Å². The van der Waals surface area contributed by atoms with E-state index in [0.29, 0.717) is 24.4 Å². The van der Waals surface area contributed by atoms with E-state index in [2.05, 4.69) is 19.7 Å². The summed E-state index contributed by atoms with van der Waals surface area (Å²) >= 11 is 0. The molecule has 2 rings (SSSR count). The van der Waals surface area contributed by atoms with Crippen LogP contribution in [-0.2, 0) is 39.9 Å². The molecule has 35 heavy (non-hydrogen) atoms. The van der Waals surface area contributed by atoms with Crippen LogP contribution >= 0.6 is 0 Å². The molecular weight excluding hydrogens is 450 g/mol. The summed E-state index contributed by atoms with van der Waals surface area (Å²) in [6.07, 6.45) is 3.12. The van der Waals surface area contributed by atoms with E-state index in [0.717, 1.165) is 31.1 Å². The van der Waals surface area contributed by atoms with E-state index < -0.39 is 0 Å². The largest absolute Gasteiger partial charge is 0.460 e. The van der Waals surface area contributed by atoms with Crippen LogP contribution in [0.5, 0.6) is 0 Å². The summed E-state index contributed by atoms with van der Waals surface area (Å²) in [5.41, 5.74) is 1.85. The lowest BCUT2D eigenvalue weighted by atomic mass is 10.2. The number of hydrogen-bond donors (Lipinski definition) is 0. The van der Waals surface area contributed by atoms with Crippen LogP contribution in [0.1, 0.15) is 39.2 Å². The molecule has 0 aliphatic carbocycles. The Hall–Kier alpha value is -3.23. The molecule has 2 unspecified atom stereocenters. The van der Waals surface area contributed by atoms with Gasteiger partial charge in [-0.3, -0.25) is 4.90 Å². The summed E-state index contributed by atoms with van der Waals surface area (Å²) in [5, 5.41) is 0. The SMILES string of the molecule is C=C(C)C(=O)OC(C)N(C)C.C=C(C)C(=O)OCC1CCCO1.C=CC(=O)OCc1ccccc1. The maximum atomic E-state index is 10.9. The molecule has 0 N–H and O–H groups in total.